The second kappa shape index (κ2) is 7.59. The molecule has 1 aliphatic carbocycles. The van der Waals surface area contributed by atoms with Gasteiger partial charge in [0.2, 0.25) is 0 Å². The molecule has 3 heterocycles. The number of anilines is 1. The fraction of sp³-hybridized carbons (Fsp3) is 0.409. The Morgan fingerprint density at radius 3 is 2.63 bits per heavy atom. The van der Waals surface area contributed by atoms with Crippen LogP contribution in [0.15, 0.2) is 36.8 Å². The van der Waals surface area contributed by atoms with Gasteiger partial charge < -0.3 is 26.2 Å². The highest BCUT2D eigenvalue weighted by Crippen LogP contribution is 2.45. The zero-order valence-corrected chi connectivity index (χ0v) is 17.1. The Labute approximate surface area is 175 Å². The van der Waals surface area contributed by atoms with Crippen molar-refractivity contribution in [2.24, 2.45) is 23.3 Å². The molecule has 30 heavy (non-hydrogen) atoms. The molecule has 0 spiro atoms. The maximum Gasteiger partial charge on any atom is 0.138 e. The minimum atomic E-state index is -0.976. The van der Waals surface area contributed by atoms with Crippen molar-refractivity contribution in [3.05, 3.63) is 42.5 Å². The van der Waals surface area contributed by atoms with Crippen LogP contribution >= 0.6 is 0 Å². The van der Waals surface area contributed by atoms with Gasteiger partial charge in [0, 0.05) is 42.7 Å². The van der Waals surface area contributed by atoms with Crippen molar-refractivity contribution in [1.29, 1.82) is 5.26 Å². The normalized spacial score (nSPS) is 23.1. The Morgan fingerprint density at radius 2 is 2.07 bits per heavy atom. The van der Waals surface area contributed by atoms with E-state index in [2.05, 4.69) is 20.9 Å². The van der Waals surface area contributed by atoms with Crippen molar-refractivity contribution in [2.75, 3.05) is 24.6 Å². The highest BCUT2D eigenvalue weighted by molar-refractivity contribution is 5.85. The van der Waals surface area contributed by atoms with Gasteiger partial charge in [0.25, 0.3) is 0 Å². The Kier molecular flexibility index (Phi) is 5.10. The Hall–Kier alpha value is -3.15. The summed E-state index contributed by atoms with van der Waals surface area (Å²) >= 11 is 0. The largest absolute Gasteiger partial charge is 0.489 e. The number of nitrogens with two attached hydrogens (primary N) is 2. The molecule has 1 saturated carbocycles. The maximum atomic E-state index is 9.92. The predicted molar refractivity (Wildman–Crippen MR) is 114 cm³/mol. The van der Waals surface area contributed by atoms with E-state index in [0.29, 0.717) is 34.9 Å². The van der Waals surface area contributed by atoms with Crippen LogP contribution in [0.2, 0.25) is 0 Å². The molecule has 2 aliphatic rings. The van der Waals surface area contributed by atoms with E-state index in [-0.39, 0.29) is 12.2 Å². The van der Waals surface area contributed by atoms with Crippen LogP contribution in [0.4, 0.5) is 5.82 Å². The molecular formula is C22H26N6O2. The van der Waals surface area contributed by atoms with Crippen molar-refractivity contribution in [3.63, 3.8) is 0 Å². The van der Waals surface area contributed by atoms with Crippen molar-refractivity contribution < 1.29 is 9.84 Å². The van der Waals surface area contributed by atoms with E-state index in [4.69, 9.17) is 16.2 Å². The van der Waals surface area contributed by atoms with Gasteiger partial charge in [-0.25, -0.2) is 4.98 Å². The lowest BCUT2D eigenvalue weighted by Crippen LogP contribution is -2.28. The molecule has 2 aromatic heterocycles. The zero-order chi connectivity index (χ0) is 21.5. The molecule has 0 radical (unpaired) electrons. The third-order valence-corrected chi connectivity index (χ3v) is 5.64. The number of piperidine rings is 1. The van der Waals surface area contributed by atoms with Crippen molar-refractivity contribution >= 4 is 11.4 Å². The third kappa shape index (κ3) is 3.95. The summed E-state index contributed by atoms with van der Waals surface area (Å²) in [5.74, 6) is 2.57. The number of hydrogen-bond donors (Lipinski definition) is 3. The Morgan fingerprint density at radius 1 is 1.33 bits per heavy atom. The van der Waals surface area contributed by atoms with E-state index in [1.807, 2.05) is 12.1 Å². The average Bonchev–Trinajstić information content (AvgIpc) is 3.13. The summed E-state index contributed by atoms with van der Waals surface area (Å²) in [6.45, 7) is 5.33. The highest BCUT2D eigenvalue weighted by Gasteiger charge is 2.53. The van der Waals surface area contributed by atoms with Gasteiger partial charge in [-0.05, 0) is 43.9 Å². The van der Waals surface area contributed by atoms with Gasteiger partial charge in [-0.15, -0.1) is 0 Å². The number of aromatic nitrogens is 2. The van der Waals surface area contributed by atoms with E-state index in [9.17, 15) is 10.4 Å². The lowest BCUT2D eigenvalue weighted by molar-refractivity contribution is 0.0284. The van der Waals surface area contributed by atoms with E-state index >= 15 is 0 Å². The molecule has 8 nitrogen and oxygen atoms in total. The van der Waals surface area contributed by atoms with Gasteiger partial charge in [-0.3, -0.25) is 4.98 Å². The summed E-state index contributed by atoms with van der Waals surface area (Å²) < 4.78 is 5.68. The van der Waals surface area contributed by atoms with Crippen LogP contribution in [0.5, 0.6) is 5.75 Å². The minimum absolute atomic E-state index is 0.113. The topological polar surface area (TPSA) is 134 Å². The van der Waals surface area contributed by atoms with Gasteiger partial charge >= 0.3 is 0 Å². The summed E-state index contributed by atoms with van der Waals surface area (Å²) in [7, 11) is 0. The number of rotatable bonds is 6. The molecule has 2 fully saturated rings. The van der Waals surface area contributed by atoms with Crippen LogP contribution in [0.1, 0.15) is 19.5 Å². The van der Waals surface area contributed by atoms with Crippen molar-refractivity contribution in [3.8, 4) is 22.9 Å². The SMILES string of the molecule is CC(C)(O)COc1cnc(C(C#N)=CN)c(-c2ccc(N3CC4C(N)[C@H]4C3)nc2)c1. The number of fused-ring (bicyclic) bond motifs is 1. The number of allylic oxidation sites excluding steroid dienone is 1. The molecule has 3 atom stereocenters. The molecule has 0 bridgehead atoms. The molecule has 156 valence electrons. The summed E-state index contributed by atoms with van der Waals surface area (Å²) in [5.41, 5.74) is 12.9. The maximum absolute atomic E-state index is 9.92. The first-order valence-corrected chi connectivity index (χ1v) is 9.95. The fourth-order valence-electron chi connectivity index (χ4n) is 3.88. The quantitative estimate of drug-likeness (QED) is 0.615. The molecule has 4 rings (SSSR count). The number of ether oxygens (including phenoxy) is 1. The Balaban J connectivity index is 1.62. The molecule has 2 unspecified atom stereocenters. The lowest BCUT2D eigenvalue weighted by Gasteiger charge is -2.20. The van der Waals surface area contributed by atoms with Gasteiger partial charge in [0.1, 0.15) is 24.2 Å². The number of nitriles is 1. The van der Waals surface area contributed by atoms with Gasteiger partial charge in [0.05, 0.1) is 23.1 Å². The van der Waals surface area contributed by atoms with Crippen molar-refractivity contribution in [2.45, 2.75) is 25.5 Å². The van der Waals surface area contributed by atoms with E-state index in [1.165, 1.54) is 12.4 Å². The lowest BCUT2D eigenvalue weighted by atomic mass is 10.0. The van der Waals surface area contributed by atoms with E-state index in [1.54, 1.807) is 26.1 Å². The Bertz CT molecular complexity index is 994. The highest BCUT2D eigenvalue weighted by atomic mass is 16.5. The first kappa shape index (κ1) is 20.1. The molecule has 8 heteroatoms. The monoisotopic (exact) mass is 406 g/mol. The molecule has 1 saturated heterocycles. The third-order valence-electron chi connectivity index (χ3n) is 5.64. The smallest absolute Gasteiger partial charge is 0.138 e. The molecular weight excluding hydrogens is 380 g/mol. The molecule has 0 amide bonds. The number of nitrogens with zero attached hydrogens (tertiary/aromatic N) is 4. The first-order valence-electron chi connectivity index (χ1n) is 9.95. The molecule has 5 N–H and O–H groups in total. The second-order valence-corrected chi connectivity index (χ2v) is 8.58. The van der Waals surface area contributed by atoms with Crippen LogP contribution in [-0.2, 0) is 0 Å². The van der Waals surface area contributed by atoms with Crippen LogP contribution in [0.3, 0.4) is 0 Å². The van der Waals surface area contributed by atoms with Gasteiger partial charge in [-0.1, -0.05) is 0 Å². The summed E-state index contributed by atoms with van der Waals surface area (Å²) in [6.07, 6.45) is 4.53. The van der Waals surface area contributed by atoms with Crippen LogP contribution < -0.4 is 21.1 Å². The molecule has 2 aromatic rings. The summed E-state index contributed by atoms with van der Waals surface area (Å²) in [4.78, 5) is 11.3. The average molecular weight is 406 g/mol. The van der Waals surface area contributed by atoms with Crippen LogP contribution in [0, 0.1) is 23.2 Å². The number of hydrogen-bond acceptors (Lipinski definition) is 8. The molecule has 0 aromatic carbocycles. The zero-order valence-electron chi connectivity index (χ0n) is 17.1. The van der Waals surface area contributed by atoms with Crippen LogP contribution in [-0.4, -0.2) is 46.4 Å². The number of pyridine rings is 2. The van der Waals surface area contributed by atoms with Gasteiger partial charge in [-0.2, -0.15) is 5.26 Å². The predicted octanol–water partition coefficient (Wildman–Crippen LogP) is 1.51. The molecule has 1 aliphatic heterocycles. The van der Waals surface area contributed by atoms with Crippen molar-refractivity contribution in [1.82, 2.24) is 9.97 Å². The fourth-order valence-corrected chi connectivity index (χ4v) is 3.88. The standard InChI is InChI=1S/C22H26N6O2/c1-22(2,29)12-30-15-5-16(21(27-9-15)14(6-23)7-24)13-3-4-19(26-8-13)28-10-17-18(11-28)20(17)25/h3-6,8-9,17-18,20,29H,10-12,23,25H2,1-2H3/t17-,18?,20?/m0/s1. The summed E-state index contributed by atoms with van der Waals surface area (Å²) in [6, 6.07) is 8.13. The van der Waals surface area contributed by atoms with Crippen LogP contribution in [0.25, 0.3) is 16.7 Å². The summed E-state index contributed by atoms with van der Waals surface area (Å²) in [5, 5.41) is 19.4. The second-order valence-electron chi connectivity index (χ2n) is 8.58. The van der Waals surface area contributed by atoms with Gasteiger partial charge in [0.15, 0.2) is 0 Å². The van der Waals surface area contributed by atoms with E-state index < -0.39 is 5.60 Å². The minimum Gasteiger partial charge on any atom is -0.489 e. The first-order chi connectivity index (χ1) is 14.3. The number of aliphatic hydroxyl groups is 1. The van der Waals surface area contributed by atoms with E-state index in [0.717, 1.165) is 24.5 Å².